The van der Waals surface area contributed by atoms with E-state index in [2.05, 4.69) is 21.9 Å². The third-order valence-electron chi connectivity index (χ3n) is 3.63. The molecule has 0 unspecified atom stereocenters. The van der Waals surface area contributed by atoms with Crippen LogP contribution in [0.25, 0.3) is 0 Å². The van der Waals surface area contributed by atoms with Gasteiger partial charge in [-0.15, -0.1) is 6.42 Å². The highest BCUT2D eigenvalue weighted by Crippen LogP contribution is 2.23. The fourth-order valence-corrected chi connectivity index (χ4v) is 2.28. The van der Waals surface area contributed by atoms with Crippen molar-refractivity contribution < 1.29 is 23.9 Å². The highest BCUT2D eigenvalue weighted by atomic mass is 16.6. The molecule has 3 amide bonds. The third kappa shape index (κ3) is 6.50. The second-order valence-corrected chi connectivity index (χ2v) is 7.03. The summed E-state index contributed by atoms with van der Waals surface area (Å²) in [6.45, 7) is 6.63. The van der Waals surface area contributed by atoms with E-state index in [-0.39, 0.29) is 0 Å². The fraction of sp³-hybridized carbons (Fsp3) is 0.450. The van der Waals surface area contributed by atoms with E-state index < -0.39 is 35.6 Å². The van der Waals surface area contributed by atoms with Crippen LogP contribution in [0.1, 0.15) is 44.9 Å². The molecule has 0 fully saturated rings. The molecule has 0 saturated carbocycles. The number of methoxy groups -OCH3 is 1. The maximum Gasteiger partial charge on any atom is 0.408 e. The zero-order chi connectivity index (χ0) is 21.5. The molecule has 1 aromatic rings. The lowest BCUT2D eigenvalue weighted by Crippen LogP contribution is -2.49. The van der Waals surface area contributed by atoms with E-state index in [1.165, 1.54) is 21.1 Å². The molecule has 0 aliphatic rings. The molecule has 1 rings (SSSR count). The number of likely N-dealkylation sites (N-methyl/N-ethyl adjacent to an activating group) is 1. The van der Waals surface area contributed by atoms with Gasteiger partial charge >= 0.3 is 6.09 Å². The summed E-state index contributed by atoms with van der Waals surface area (Å²) in [5.41, 5.74) is 0.230. The van der Waals surface area contributed by atoms with Crippen molar-refractivity contribution in [2.75, 3.05) is 14.2 Å². The number of benzene rings is 1. The Balaban J connectivity index is 2.98. The van der Waals surface area contributed by atoms with Crippen LogP contribution in [0.15, 0.2) is 18.2 Å². The Morgan fingerprint density at radius 1 is 1.14 bits per heavy atom. The van der Waals surface area contributed by atoms with Crippen molar-refractivity contribution in [2.45, 2.75) is 45.4 Å². The first-order valence-electron chi connectivity index (χ1n) is 8.68. The minimum Gasteiger partial charge on any atom is -0.495 e. The minimum atomic E-state index is -1.00. The molecule has 0 spiro atoms. The number of carbonyl (C=O) groups is 3. The minimum absolute atomic E-state index is 0.439. The molecular formula is C20H27N3O5. The van der Waals surface area contributed by atoms with Crippen LogP contribution < -0.4 is 20.7 Å². The Morgan fingerprint density at radius 3 is 2.29 bits per heavy atom. The number of nitrogens with one attached hydrogen (secondary N) is 3. The van der Waals surface area contributed by atoms with Gasteiger partial charge in [0.2, 0.25) is 11.8 Å². The lowest BCUT2D eigenvalue weighted by Gasteiger charge is -2.23. The first kappa shape index (κ1) is 22.8. The summed E-state index contributed by atoms with van der Waals surface area (Å²) in [6, 6.07) is 2.91. The molecule has 8 nitrogen and oxygen atoms in total. The van der Waals surface area contributed by atoms with Gasteiger partial charge in [0.15, 0.2) is 0 Å². The zero-order valence-corrected chi connectivity index (χ0v) is 17.0. The van der Waals surface area contributed by atoms with Crippen LogP contribution in [0.2, 0.25) is 0 Å². The van der Waals surface area contributed by atoms with Crippen molar-refractivity contribution in [3.05, 3.63) is 29.3 Å². The first-order valence-corrected chi connectivity index (χ1v) is 8.68. The van der Waals surface area contributed by atoms with Crippen LogP contribution in [-0.2, 0) is 14.3 Å². The van der Waals surface area contributed by atoms with Crippen LogP contribution in [-0.4, -0.2) is 43.7 Å². The lowest BCUT2D eigenvalue weighted by atomic mass is 10.0. The SMILES string of the molecule is C#Cc1cc([C@H](NC(=O)[C@@H](C)NC(=O)OC(C)(C)C)C(=O)NC)ccc1OC. The van der Waals surface area contributed by atoms with E-state index in [1.807, 2.05) is 0 Å². The maximum atomic E-state index is 12.5. The van der Waals surface area contributed by atoms with E-state index in [1.54, 1.807) is 39.0 Å². The van der Waals surface area contributed by atoms with Gasteiger partial charge in [0.25, 0.3) is 0 Å². The summed E-state index contributed by atoms with van der Waals surface area (Å²) < 4.78 is 10.3. The van der Waals surface area contributed by atoms with Gasteiger partial charge in [-0.05, 0) is 45.4 Å². The molecule has 0 aromatic heterocycles. The van der Waals surface area contributed by atoms with Gasteiger partial charge in [-0.2, -0.15) is 0 Å². The summed E-state index contributed by atoms with van der Waals surface area (Å²) in [6.07, 6.45) is 4.75. The van der Waals surface area contributed by atoms with Crippen LogP contribution in [0, 0.1) is 12.3 Å². The number of ether oxygens (including phenoxy) is 2. The number of terminal acetylenes is 1. The average Bonchev–Trinajstić information content (AvgIpc) is 2.62. The standard InChI is InChI=1S/C20H27N3O5/c1-8-13-11-14(9-10-15(13)27-7)16(18(25)21-6)23-17(24)12(2)22-19(26)28-20(3,4)5/h1,9-12,16H,2-7H3,(H,21,25)(H,22,26)(H,23,24)/t12-,16+/m1/s1. The summed E-state index contributed by atoms with van der Waals surface area (Å²) in [7, 11) is 2.94. The van der Waals surface area contributed by atoms with Crippen LogP contribution in [0.4, 0.5) is 4.79 Å². The molecule has 0 radical (unpaired) electrons. The zero-order valence-electron chi connectivity index (χ0n) is 17.0. The molecule has 0 saturated heterocycles. The van der Waals surface area contributed by atoms with Crippen molar-refractivity contribution in [3.63, 3.8) is 0 Å². The van der Waals surface area contributed by atoms with E-state index in [0.717, 1.165) is 0 Å². The smallest absolute Gasteiger partial charge is 0.408 e. The molecule has 0 aliphatic heterocycles. The van der Waals surface area contributed by atoms with Gasteiger partial charge in [0.1, 0.15) is 23.4 Å². The van der Waals surface area contributed by atoms with E-state index in [4.69, 9.17) is 15.9 Å². The molecule has 2 atom stereocenters. The Labute approximate surface area is 165 Å². The highest BCUT2D eigenvalue weighted by Gasteiger charge is 2.27. The van der Waals surface area contributed by atoms with Crippen molar-refractivity contribution in [2.24, 2.45) is 0 Å². The van der Waals surface area contributed by atoms with Gasteiger partial charge in [0.05, 0.1) is 12.7 Å². The van der Waals surface area contributed by atoms with Gasteiger partial charge in [-0.25, -0.2) is 4.79 Å². The Hall–Kier alpha value is -3.21. The molecule has 0 bridgehead atoms. The normalized spacial score (nSPS) is 12.8. The van der Waals surface area contributed by atoms with Crippen LogP contribution >= 0.6 is 0 Å². The molecule has 152 valence electrons. The van der Waals surface area contributed by atoms with E-state index in [0.29, 0.717) is 16.9 Å². The van der Waals surface area contributed by atoms with Gasteiger partial charge in [0, 0.05) is 7.05 Å². The number of carbonyl (C=O) groups excluding carboxylic acids is 3. The molecule has 0 aliphatic carbocycles. The second-order valence-electron chi connectivity index (χ2n) is 7.03. The predicted octanol–water partition coefficient (Wildman–Crippen LogP) is 1.49. The first-order chi connectivity index (χ1) is 13.0. The predicted molar refractivity (Wildman–Crippen MR) is 105 cm³/mol. The summed E-state index contributed by atoms with van der Waals surface area (Å²) in [5.74, 6) is 1.96. The topological polar surface area (TPSA) is 106 Å². The Kier molecular flexibility index (Phi) is 7.87. The fourth-order valence-electron chi connectivity index (χ4n) is 2.28. The van der Waals surface area contributed by atoms with Crippen molar-refractivity contribution in [3.8, 4) is 18.1 Å². The van der Waals surface area contributed by atoms with Crippen LogP contribution in [0.5, 0.6) is 5.75 Å². The number of hydrogen-bond acceptors (Lipinski definition) is 5. The van der Waals surface area contributed by atoms with Gasteiger partial charge in [-0.1, -0.05) is 12.0 Å². The average molecular weight is 389 g/mol. The highest BCUT2D eigenvalue weighted by molar-refractivity contribution is 5.91. The number of alkyl carbamates (subject to hydrolysis) is 1. The lowest BCUT2D eigenvalue weighted by molar-refractivity contribution is -0.129. The monoisotopic (exact) mass is 389 g/mol. The van der Waals surface area contributed by atoms with Gasteiger partial charge in [-0.3, -0.25) is 9.59 Å². The quantitative estimate of drug-likeness (QED) is 0.640. The van der Waals surface area contributed by atoms with Crippen LogP contribution in [0.3, 0.4) is 0 Å². The number of amides is 3. The largest absolute Gasteiger partial charge is 0.495 e. The number of rotatable bonds is 6. The second kappa shape index (κ2) is 9.65. The molecule has 1 aromatic carbocycles. The maximum absolute atomic E-state index is 12.5. The van der Waals surface area contributed by atoms with E-state index in [9.17, 15) is 14.4 Å². The molecule has 3 N–H and O–H groups in total. The summed E-state index contributed by atoms with van der Waals surface area (Å²) in [5, 5.41) is 7.54. The molecule has 0 heterocycles. The Morgan fingerprint density at radius 2 is 1.79 bits per heavy atom. The van der Waals surface area contributed by atoms with Gasteiger partial charge < -0.3 is 25.4 Å². The van der Waals surface area contributed by atoms with Crippen molar-refractivity contribution in [1.29, 1.82) is 0 Å². The Bertz CT molecular complexity index is 777. The summed E-state index contributed by atoms with van der Waals surface area (Å²) >= 11 is 0. The van der Waals surface area contributed by atoms with Crippen molar-refractivity contribution >= 4 is 17.9 Å². The third-order valence-corrected chi connectivity index (χ3v) is 3.63. The number of hydrogen-bond donors (Lipinski definition) is 3. The van der Waals surface area contributed by atoms with Crippen molar-refractivity contribution in [1.82, 2.24) is 16.0 Å². The summed E-state index contributed by atoms with van der Waals surface area (Å²) in [4.78, 5) is 36.7. The molecule has 28 heavy (non-hydrogen) atoms. The molecular weight excluding hydrogens is 362 g/mol. The van der Waals surface area contributed by atoms with E-state index >= 15 is 0 Å². The molecule has 8 heteroatoms.